The number of carbonyl (C=O) groups is 3. The minimum Gasteiger partial charge on any atom is -0.508 e. The highest BCUT2D eigenvalue weighted by atomic mass is 19.1. The van der Waals surface area contributed by atoms with Crippen LogP contribution in [0.3, 0.4) is 0 Å². The van der Waals surface area contributed by atoms with Crippen molar-refractivity contribution in [3.8, 4) is 17.2 Å². The average molecular weight is 817 g/mol. The van der Waals surface area contributed by atoms with E-state index in [9.17, 15) is 19.5 Å². The number of likely N-dealkylation sites (tertiary alicyclic amines) is 1. The molecule has 2 fully saturated rings. The van der Waals surface area contributed by atoms with Crippen LogP contribution in [-0.4, -0.2) is 93.5 Å². The lowest BCUT2D eigenvalue weighted by Crippen LogP contribution is -2.49. The van der Waals surface area contributed by atoms with Crippen molar-refractivity contribution in [1.82, 2.24) is 15.1 Å². The number of benzene rings is 4. The fraction of sp³-hybridized carbons (Fsp3) is 0.449. The van der Waals surface area contributed by atoms with Crippen LogP contribution < -0.4 is 19.7 Å². The number of nitrogens with zero attached hydrogens (tertiary/aromatic N) is 3. The van der Waals surface area contributed by atoms with Crippen LogP contribution in [0.25, 0.3) is 0 Å². The second-order valence-corrected chi connectivity index (χ2v) is 17.3. The molecule has 4 heterocycles. The van der Waals surface area contributed by atoms with Crippen LogP contribution in [0.4, 0.5) is 10.1 Å². The number of hydrogen-bond donors (Lipinski definition) is 2. The summed E-state index contributed by atoms with van der Waals surface area (Å²) in [5.74, 6) is 2.37. The number of rotatable bonds is 11. The molecule has 0 radical (unpaired) electrons. The molecule has 4 aromatic carbocycles. The third kappa shape index (κ3) is 8.20. The van der Waals surface area contributed by atoms with Gasteiger partial charge in [-0.15, -0.1) is 0 Å². The molecule has 60 heavy (non-hydrogen) atoms. The first-order chi connectivity index (χ1) is 29.1. The Hall–Kier alpha value is -5.42. The van der Waals surface area contributed by atoms with Gasteiger partial charge in [0, 0.05) is 80.7 Å². The molecular weight excluding hydrogens is 760 g/mol. The van der Waals surface area contributed by atoms with E-state index in [-0.39, 0.29) is 40.6 Å². The molecule has 0 aromatic heterocycles. The number of carbonyl (C=O) groups excluding carboxylic acids is 3. The van der Waals surface area contributed by atoms with Gasteiger partial charge in [-0.2, -0.15) is 0 Å². The first kappa shape index (κ1) is 41.3. The maximum absolute atomic E-state index is 16.2. The maximum Gasteiger partial charge on any atom is 0.254 e. The highest BCUT2D eigenvalue weighted by molar-refractivity contribution is 5.98. The summed E-state index contributed by atoms with van der Waals surface area (Å²) in [5, 5.41) is 12.7. The highest BCUT2D eigenvalue weighted by Crippen LogP contribution is 2.51. The number of aldehydes is 1. The van der Waals surface area contributed by atoms with E-state index >= 15 is 4.39 Å². The molecule has 2 unspecified atom stereocenters. The molecule has 9 rings (SSSR count). The molecule has 4 aliphatic heterocycles. The summed E-state index contributed by atoms with van der Waals surface area (Å²) in [7, 11) is 5.13. The molecule has 2 saturated heterocycles. The third-order valence-corrected chi connectivity index (χ3v) is 13.7. The lowest BCUT2D eigenvalue weighted by atomic mass is 9.69. The van der Waals surface area contributed by atoms with Gasteiger partial charge in [-0.05, 0) is 123 Å². The van der Waals surface area contributed by atoms with E-state index in [0.717, 1.165) is 105 Å². The number of phenols is 1. The van der Waals surface area contributed by atoms with Crippen molar-refractivity contribution >= 4 is 23.8 Å². The molecule has 5 aliphatic rings. The van der Waals surface area contributed by atoms with E-state index in [4.69, 9.17) is 9.47 Å². The Morgan fingerprint density at radius 1 is 1.03 bits per heavy atom. The maximum atomic E-state index is 16.2. The Bertz CT molecular complexity index is 2220. The summed E-state index contributed by atoms with van der Waals surface area (Å²) in [6.45, 7) is 6.20. The molecule has 0 bridgehead atoms. The van der Waals surface area contributed by atoms with Crippen molar-refractivity contribution in [2.45, 2.75) is 75.2 Å². The molecule has 10 nitrogen and oxygen atoms in total. The van der Waals surface area contributed by atoms with Gasteiger partial charge in [-0.25, -0.2) is 4.39 Å². The molecule has 316 valence electrons. The number of amides is 2. The average Bonchev–Trinajstić information content (AvgIpc) is 3.73. The third-order valence-electron chi connectivity index (χ3n) is 13.7. The van der Waals surface area contributed by atoms with E-state index in [1.165, 1.54) is 11.1 Å². The number of ether oxygens (including phenoxy) is 2. The number of hydrogen-bond acceptors (Lipinski definition) is 8. The number of phenolic OH excluding ortho intramolecular Hbond substituents is 1. The largest absolute Gasteiger partial charge is 0.508 e. The normalized spacial score (nSPS) is 20.3. The standard InChI is InChI=1S/C43H46FN3O4.C6H11NO2/c1-45-25-30-19-36-40(21-34(30)42(45)49)51-26-43(36)13-16-46(17-14-43)15-12-27-23-47(24-27)38-22-39(50-2)35(20-37(38)44)41-32(28-6-4-3-5-7-28)10-8-29-18-31(48)9-11-33(29)41;1-7-6(9)4-2-3-5-8/h3-7,9,11,18-22,27,32,41,48H,8,10,12-17,23-26H2,1-2H3;5H,2-4H2,1H3,(H,7,9). The number of nitrogens with one attached hydrogen (secondary N) is 1. The van der Waals surface area contributed by atoms with Gasteiger partial charge in [0.2, 0.25) is 5.91 Å². The van der Waals surface area contributed by atoms with Crippen LogP contribution in [0.5, 0.6) is 17.2 Å². The van der Waals surface area contributed by atoms with Crippen molar-refractivity contribution in [1.29, 1.82) is 0 Å². The van der Waals surface area contributed by atoms with Gasteiger partial charge < -0.3 is 39.4 Å². The Morgan fingerprint density at radius 3 is 2.55 bits per heavy atom. The fourth-order valence-corrected chi connectivity index (χ4v) is 10.2. The summed E-state index contributed by atoms with van der Waals surface area (Å²) in [5.41, 5.74) is 8.22. The van der Waals surface area contributed by atoms with Crippen LogP contribution in [0.15, 0.2) is 72.8 Å². The quantitative estimate of drug-likeness (QED) is 0.120. The number of halogens is 1. The summed E-state index contributed by atoms with van der Waals surface area (Å²) >= 11 is 0. The van der Waals surface area contributed by atoms with Gasteiger partial charge in [0.1, 0.15) is 29.4 Å². The molecule has 1 aliphatic carbocycles. The predicted octanol–water partition coefficient (Wildman–Crippen LogP) is 7.34. The minimum atomic E-state index is -0.205. The Kier molecular flexibility index (Phi) is 12.2. The second-order valence-electron chi connectivity index (χ2n) is 17.3. The minimum absolute atomic E-state index is 0.00292. The Balaban J connectivity index is 0.000000500. The topological polar surface area (TPSA) is 112 Å². The van der Waals surface area contributed by atoms with Crippen LogP contribution >= 0.6 is 0 Å². The van der Waals surface area contributed by atoms with Crippen molar-refractivity contribution in [2.75, 3.05) is 65.4 Å². The summed E-state index contributed by atoms with van der Waals surface area (Å²) in [6.07, 6.45) is 7.41. The summed E-state index contributed by atoms with van der Waals surface area (Å²) in [6, 6.07) is 24.0. The van der Waals surface area contributed by atoms with Crippen LogP contribution in [-0.2, 0) is 28.0 Å². The number of piperidine rings is 1. The monoisotopic (exact) mass is 816 g/mol. The molecule has 11 heteroatoms. The Labute approximate surface area is 352 Å². The Morgan fingerprint density at radius 2 is 1.82 bits per heavy atom. The van der Waals surface area contributed by atoms with E-state index in [0.29, 0.717) is 49.8 Å². The molecule has 2 atom stereocenters. The van der Waals surface area contributed by atoms with Crippen molar-refractivity contribution in [3.05, 3.63) is 118 Å². The molecule has 4 aromatic rings. The number of fused-ring (bicyclic) bond motifs is 4. The number of methoxy groups -OCH3 is 1. The first-order valence-electron chi connectivity index (χ1n) is 21.5. The number of aryl methyl sites for hydroxylation is 1. The molecule has 2 amide bonds. The zero-order valence-electron chi connectivity index (χ0n) is 35.1. The smallest absolute Gasteiger partial charge is 0.254 e. The van der Waals surface area contributed by atoms with Gasteiger partial charge in [0.25, 0.3) is 5.91 Å². The van der Waals surface area contributed by atoms with Crippen LogP contribution in [0, 0.1) is 11.7 Å². The zero-order valence-corrected chi connectivity index (χ0v) is 35.1. The van der Waals surface area contributed by atoms with Crippen molar-refractivity contribution in [3.63, 3.8) is 0 Å². The highest BCUT2D eigenvalue weighted by Gasteiger charge is 2.45. The summed E-state index contributed by atoms with van der Waals surface area (Å²) in [4.78, 5) is 39.2. The molecule has 2 N–H and O–H groups in total. The number of aromatic hydroxyl groups is 1. The fourth-order valence-electron chi connectivity index (χ4n) is 10.2. The van der Waals surface area contributed by atoms with E-state index in [1.807, 2.05) is 37.4 Å². The lowest BCUT2D eigenvalue weighted by Gasteiger charge is -2.43. The lowest BCUT2D eigenvalue weighted by molar-refractivity contribution is -0.120. The summed E-state index contributed by atoms with van der Waals surface area (Å²) < 4.78 is 28.3. The predicted molar refractivity (Wildman–Crippen MR) is 230 cm³/mol. The van der Waals surface area contributed by atoms with Crippen molar-refractivity contribution < 1.29 is 33.4 Å². The molecule has 1 spiro atoms. The molecule has 0 saturated carbocycles. The number of anilines is 1. The second kappa shape index (κ2) is 17.7. The molecular formula is C49H57FN4O6. The van der Waals surface area contributed by atoms with Crippen molar-refractivity contribution in [2.24, 2.45) is 5.92 Å². The van der Waals surface area contributed by atoms with Gasteiger partial charge in [-0.3, -0.25) is 9.59 Å². The number of unbranched alkanes of at least 4 members (excludes halogenated alkanes) is 1. The van der Waals surface area contributed by atoms with Gasteiger partial charge in [-0.1, -0.05) is 36.4 Å². The van der Waals surface area contributed by atoms with E-state index in [2.05, 4.69) is 45.4 Å². The van der Waals surface area contributed by atoms with Crippen LogP contribution in [0.1, 0.15) is 101 Å². The van der Waals surface area contributed by atoms with Gasteiger partial charge >= 0.3 is 0 Å². The SMILES string of the molecule is CNC(=O)CCCC=O.COc1cc(N2CC(CCN3CCC4(CC3)COc3cc5c(cc34)CN(C)C5=O)C2)c(F)cc1C1c2ccc(O)cc2CCC1c1ccccc1. The first-order valence-corrected chi connectivity index (χ1v) is 21.5. The van der Waals surface area contributed by atoms with Crippen LogP contribution in [0.2, 0.25) is 0 Å². The van der Waals surface area contributed by atoms with Gasteiger partial charge in [0.05, 0.1) is 19.4 Å². The van der Waals surface area contributed by atoms with E-state index < -0.39 is 0 Å². The van der Waals surface area contributed by atoms with Gasteiger partial charge in [0.15, 0.2) is 0 Å². The van der Waals surface area contributed by atoms with E-state index in [1.54, 1.807) is 31.2 Å². The zero-order chi connectivity index (χ0) is 42.0.